The molecule has 0 bridgehead atoms. The molecule has 0 fully saturated rings. The second-order valence-corrected chi connectivity index (χ2v) is 5.89. The smallest absolute Gasteiger partial charge is 0.0539 e. The molecule has 0 aliphatic carbocycles. The fourth-order valence-corrected chi connectivity index (χ4v) is 2.55. The molecule has 0 saturated heterocycles. The maximum Gasteiger partial charge on any atom is 0.0539 e. The highest BCUT2D eigenvalue weighted by atomic mass is 15.2. The molecule has 0 saturated carbocycles. The zero-order valence-electron chi connectivity index (χ0n) is 12.9. The molecule has 1 N–H and O–H groups in total. The Kier molecular flexibility index (Phi) is 3.80. The Morgan fingerprint density at radius 2 is 2.05 bits per heavy atom. The van der Waals surface area contributed by atoms with E-state index in [-0.39, 0.29) is 0 Å². The third-order valence-corrected chi connectivity index (χ3v) is 3.66. The van der Waals surface area contributed by atoms with Gasteiger partial charge < -0.3 is 9.88 Å². The van der Waals surface area contributed by atoms with E-state index in [2.05, 4.69) is 65.5 Å². The first-order valence-corrected chi connectivity index (χ1v) is 7.40. The Balaban J connectivity index is 1.86. The van der Waals surface area contributed by atoms with Crippen LogP contribution in [0.25, 0.3) is 10.9 Å². The summed E-state index contributed by atoms with van der Waals surface area (Å²) in [5, 5.41) is 8.99. The molecule has 0 radical (unpaired) electrons. The lowest BCUT2D eigenvalue weighted by molar-refractivity contribution is 0.589. The average Bonchev–Trinajstić information content (AvgIpc) is 3.04. The summed E-state index contributed by atoms with van der Waals surface area (Å²) < 4.78 is 4.13. The number of aryl methyl sites for hydroxylation is 1. The molecular weight excluding hydrogens is 260 g/mol. The normalized spacial score (nSPS) is 11.6. The number of fused-ring (bicyclic) bond motifs is 1. The lowest BCUT2D eigenvalue weighted by Gasteiger charge is -2.09. The van der Waals surface area contributed by atoms with Crippen molar-refractivity contribution in [3.63, 3.8) is 0 Å². The molecule has 3 rings (SSSR count). The summed E-state index contributed by atoms with van der Waals surface area (Å²) in [5.41, 5.74) is 3.82. The van der Waals surface area contributed by atoms with Crippen molar-refractivity contribution in [3.8, 4) is 0 Å². The third kappa shape index (κ3) is 3.16. The van der Waals surface area contributed by atoms with Crippen molar-refractivity contribution in [1.82, 2.24) is 19.7 Å². The molecule has 3 aromatic rings. The summed E-state index contributed by atoms with van der Waals surface area (Å²) in [5.74, 6) is 0. The second-order valence-electron chi connectivity index (χ2n) is 5.89. The molecule has 4 nitrogen and oxygen atoms in total. The maximum atomic E-state index is 4.24. The van der Waals surface area contributed by atoms with Crippen LogP contribution in [0.4, 0.5) is 0 Å². The highest BCUT2D eigenvalue weighted by Crippen LogP contribution is 2.19. The quantitative estimate of drug-likeness (QED) is 0.781. The van der Waals surface area contributed by atoms with Crippen LogP contribution in [0.3, 0.4) is 0 Å². The highest BCUT2D eigenvalue weighted by Gasteiger charge is 2.05. The number of benzene rings is 1. The van der Waals surface area contributed by atoms with Crippen molar-refractivity contribution in [2.45, 2.75) is 33.0 Å². The fourth-order valence-electron chi connectivity index (χ4n) is 2.55. The summed E-state index contributed by atoms with van der Waals surface area (Å²) >= 11 is 0. The SMILES string of the molecule is CC(C)NCc1ccc2ccn(Cc3cnn(C)c3)c2c1. The Labute approximate surface area is 125 Å². The van der Waals surface area contributed by atoms with Gasteiger partial charge in [0.15, 0.2) is 0 Å². The van der Waals surface area contributed by atoms with Gasteiger partial charge >= 0.3 is 0 Å². The molecule has 2 aromatic heterocycles. The van der Waals surface area contributed by atoms with Crippen LogP contribution in [0.15, 0.2) is 42.9 Å². The number of nitrogens with zero attached hydrogens (tertiary/aromatic N) is 3. The minimum Gasteiger partial charge on any atom is -0.343 e. The molecule has 0 amide bonds. The van der Waals surface area contributed by atoms with Crippen molar-refractivity contribution < 1.29 is 0 Å². The van der Waals surface area contributed by atoms with E-state index in [1.54, 1.807) is 0 Å². The van der Waals surface area contributed by atoms with E-state index in [9.17, 15) is 0 Å². The van der Waals surface area contributed by atoms with Crippen LogP contribution in [0.5, 0.6) is 0 Å². The fraction of sp³-hybridized carbons (Fsp3) is 0.353. The maximum absolute atomic E-state index is 4.24. The van der Waals surface area contributed by atoms with Gasteiger partial charge in [-0.1, -0.05) is 26.0 Å². The van der Waals surface area contributed by atoms with Gasteiger partial charge in [-0.05, 0) is 23.1 Å². The van der Waals surface area contributed by atoms with E-state index in [0.717, 1.165) is 13.1 Å². The van der Waals surface area contributed by atoms with Gasteiger partial charge in [-0.15, -0.1) is 0 Å². The first-order chi connectivity index (χ1) is 10.1. The van der Waals surface area contributed by atoms with Gasteiger partial charge in [0.2, 0.25) is 0 Å². The van der Waals surface area contributed by atoms with Gasteiger partial charge in [-0.25, -0.2) is 0 Å². The topological polar surface area (TPSA) is 34.8 Å². The van der Waals surface area contributed by atoms with Crippen LogP contribution in [0.2, 0.25) is 0 Å². The molecule has 0 unspecified atom stereocenters. The first kappa shape index (κ1) is 13.9. The Bertz CT molecular complexity index is 736. The number of aromatic nitrogens is 3. The van der Waals surface area contributed by atoms with Crippen molar-refractivity contribution in [2.75, 3.05) is 0 Å². The Hall–Kier alpha value is -2.07. The van der Waals surface area contributed by atoms with E-state index < -0.39 is 0 Å². The molecule has 0 atom stereocenters. The second kappa shape index (κ2) is 5.74. The minimum atomic E-state index is 0.503. The van der Waals surface area contributed by atoms with Crippen LogP contribution in [-0.4, -0.2) is 20.4 Å². The van der Waals surface area contributed by atoms with Crippen LogP contribution in [-0.2, 0) is 20.1 Å². The van der Waals surface area contributed by atoms with Gasteiger partial charge in [0.25, 0.3) is 0 Å². The van der Waals surface area contributed by atoms with Crippen molar-refractivity contribution in [3.05, 3.63) is 54.0 Å². The van der Waals surface area contributed by atoms with Gasteiger partial charge in [-0.3, -0.25) is 4.68 Å². The van der Waals surface area contributed by atoms with Crippen LogP contribution in [0.1, 0.15) is 25.0 Å². The molecule has 1 aromatic carbocycles. The van der Waals surface area contributed by atoms with Crippen LogP contribution in [0, 0.1) is 0 Å². The summed E-state index contributed by atoms with van der Waals surface area (Å²) in [6.45, 7) is 6.11. The van der Waals surface area contributed by atoms with E-state index in [4.69, 9.17) is 0 Å². The molecule has 0 spiro atoms. The predicted molar refractivity (Wildman–Crippen MR) is 86.2 cm³/mol. The average molecular weight is 282 g/mol. The van der Waals surface area contributed by atoms with E-state index in [1.807, 2.05) is 17.9 Å². The summed E-state index contributed by atoms with van der Waals surface area (Å²) in [4.78, 5) is 0. The summed E-state index contributed by atoms with van der Waals surface area (Å²) in [6.07, 6.45) is 6.14. The summed E-state index contributed by atoms with van der Waals surface area (Å²) in [6, 6.07) is 9.35. The zero-order valence-corrected chi connectivity index (χ0v) is 12.9. The molecule has 110 valence electrons. The molecule has 0 aliphatic rings. The van der Waals surface area contributed by atoms with Gasteiger partial charge in [0.05, 0.1) is 12.7 Å². The van der Waals surface area contributed by atoms with E-state index >= 15 is 0 Å². The minimum absolute atomic E-state index is 0.503. The van der Waals surface area contributed by atoms with Crippen LogP contribution < -0.4 is 5.32 Å². The lowest BCUT2D eigenvalue weighted by atomic mass is 10.1. The van der Waals surface area contributed by atoms with E-state index in [0.29, 0.717) is 6.04 Å². The van der Waals surface area contributed by atoms with E-state index in [1.165, 1.54) is 22.0 Å². The molecule has 2 heterocycles. The van der Waals surface area contributed by atoms with Gasteiger partial charge in [0.1, 0.15) is 0 Å². The first-order valence-electron chi connectivity index (χ1n) is 7.40. The molecule has 21 heavy (non-hydrogen) atoms. The van der Waals surface area contributed by atoms with Crippen molar-refractivity contribution in [2.24, 2.45) is 7.05 Å². The number of rotatable bonds is 5. The summed E-state index contributed by atoms with van der Waals surface area (Å²) in [7, 11) is 1.95. The van der Waals surface area contributed by atoms with Crippen molar-refractivity contribution >= 4 is 10.9 Å². The van der Waals surface area contributed by atoms with Crippen molar-refractivity contribution in [1.29, 1.82) is 0 Å². The lowest BCUT2D eigenvalue weighted by Crippen LogP contribution is -2.21. The molecule has 4 heteroatoms. The monoisotopic (exact) mass is 282 g/mol. The van der Waals surface area contributed by atoms with Crippen LogP contribution >= 0.6 is 0 Å². The largest absolute Gasteiger partial charge is 0.343 e. The molecule has 0 aliphatic heterocycles. The zero-order chi connectivity index (χ0) is 14.8. The van der Waals surface area contributed by atoms with Gasteiger partial charge in [0, 0.05) is 43.1 Å². The Morgan fingerprint density at radius 1 is 1.19 bits per heavy atom. The predicted octanol–water partition coefficient (Wildman–Crippen LogP) is 2.92. The van der Waals surface area contributed by atoms with Gasteiger partial charge in [-0.2, -0.15) is 5.10 Å². The number of hydrogen-bond acceptors (Lipinski definition) is 2. The Morgan fingerprint density at radius 3 is 2.76 bits per heavy atom. The number of nitrogens with one attached hydrogen (secondary N) is 1. The standard InChI is InChI=1S/C17H22N4/c1-13(2)18-9-14-4-5-16-6-7-21(17(16)8-14)12-15-10-19-20(3)11-15/h4-8,10-11,13,18H,9,12H2,1-3H3. The number of hydrogen-bond donors (Lipinski definition) is 1. The highest BCUT2D eigenvalue weighted by molar-refractivity contribution is 5.80. The molecular formula is C17H22N4. The third-order valence-electron chi connectivity index (χ3n) is 3.66.